The molecule has 0 saturated carbocycles. The number of carboxylic acid groups (broad SMARTS) is 1. The summed E-state index contributed by atoms with van der Waals surface area (Å²) in [6, 6.07) is 9.53. The molecule has 0 saturated heterocycles. The molecule has 0 aliphatic heterocycles. The van der Waals surface area contributed by atoms with Gasteiger partial charge in [-0.15, -0.1) is 4.91 Å². The van der Waals surface area contributed by atoms with E-state index < -0.39 is 12.5 Å². The van der Waals surface area contributed by atoms with E-state index in [9.17, 15) is 14.5 Å². The molecule has 2 rings (SSSR count). The minimum Gasteiger partial charge on any atom is -0.480 e. The highest BCUT2D eigenvalue weighted by Crippen LogP contribution is 2.16. The molecular weight excluding hydrogens is 298 g/mol. The van der Waals surface area contributed by atoms with Gasteiger partial charge in [0.15, 0.2) is 5.78 Å². The molecule has 1 N–H and O–H groups in total. The van der Waals surface area contributed by atoms with E-state index in [1.165, 1.54) is 30.3 Å². The second kappa shape index (κ2) is 7.60. The second-order valence-corrected chi connectivity index (χ2v) is 4.56. The standard InChI is InChI=1S/C16H13N3O4/c20-15(8-3-12-2-1-9-17-10-12)13-4-6-14(7-5-13)19(18-23)11-16(21)22/h1-10H,11H2,(H,21,22)/b8-3+. The molecule has 116 valence electrons. The highest BCUT2D eigenvalue weighted by atomic mass is 16.4. The number of aromatic nitrogens is 1. The molecule has 0 amide bonds. The normalized spacial score (nSPS) is 10.4. The van der Waals surface area contributed by atoms with E-state index in [0.717, 1.165) is 10.6 Å². The van der Waals surface area contributed by atoms with Crippen LogP contribution in [0.25, 0.3) is 6.08 Å². The Hall–Kier alpha value is -3.35. The highest BCUT2D eigenvalue weighted by molar-refractivity contribution is 6.06. The van der Waals surface area contributed by atoms with Gasteiger partial charge in [-0.05, 0) is 48.0 Å². The van der Waals surface area contributed by atoms with Gasteiger partial charge in [-0.3, -0.25) is 14.6 Å². The van der Waals surface area contributed by atoms with Crippen LogP contribution in [0.1, 0.15) is 15.9 Å². The number of carboxylic acids is 1. The summed E-state index contributed by atoms with van der Waals surface area (Å²) in [7, 11) is 0. The van der Waals surface area contributed by atoms with Crippen LogP contribution in [-0.4, -0.2) is 28.4 Å². The number of carbonyl (C=O) groups is 2. The molecule has 0 aliphatic carbocycles. The number of ketones is 1. The number of nitrogens with zero attached hydrogens (tertiary/aromatic N) is 3. The molecule has 0 fully saturated rings. The number of hydrogen-bond donors (Lipinski definition) is 1. The van der Waals surface area contributed by atoms with Crippen LogP contribution >= 0.6 is 0 Å². The number of carbonyl (C=O) groups excluding carboxylic acids is 1. The maximum absolute atomic E-state index is 12.0. The van der Waals surface area contributed by atoms with E-state index in [4.69, 9.17) is 5.11 Å². The lowest BCUT2D eigenvalue weighted by Crippen LogP contribution is -2.23. The lowest BCUT2D eigenvalue weighted by atomic mass is 10.1. The quantitative estimate of drug-likeness (QED) is 0.365. The van der Waals surface area contributed by atoms with Gasteiger partial charge < -0.3 is 5.11 Å². The van der Waals surface area contributed by atoms with Gasteiger partial charge in [-0.1, -0.05) is 6.07 Å². The maximum atomic E-state index is 12.0. The van der Waals surface area contributed by atoms with Gasteiger partial charge in [0.1, 0.15) is 6.54 Å². The van der Waals surface area contributed by atoms with Crippen molar-refractivity contribution in [2.75, 3.05) is 11.6 Å². The third kappa shape index (κ3) is 4.57. The molecule has 0 bridgehead atoms. The van der Waals surface area contributed by atoms with Crippen molar-refractivity contribution in [2.24, 2.45) is 5.29 Å². The van der Waals surface area contributed by atoms with Gasteiger partial charge in [-0.25, -0.2) is 5.01 Å². The summed E-state index contributed by atoms with van der Waals surface area (Å²) in [6.45, 7) is -0.544. The van der Waals surface area contributed by atoms with Crippen molar-refractivity contribution in [1.29, 1.82) is 0 Å². The SMILES string of the molecule is O=NN(CC(=O)O)c1ccc(C(=O)/C=C/c2cccnc2)cc1. The summed E-state index contributed by atoms with van der Waals surface area (Å²) in [6.07, 6.45) is 6.33. The first-order valence-electron chi connectivity index (χ1n) is 6.65. The molecule has 1 aromatic carbocycles. The molecule has 1 aromatic heterocycles. The summed E-state index contributed by atoms with van der Waals surface area (Å²) in [5.74, 6) is -1.39. The number of benzene rings is 1. The Kier molecular flexibility index (Phi) is 5.30. The molecule has 2 aromatic rings. The van der Waals surface area contributed by atoms with E-state index in [2.05, 4.69) is 10.3 Å². The van der Waals surface area contributed by atoms with Gasteiger partial charge in [-0.2, -0.15) is 0 Å². The number of hydrogen-bond acceptors (Lipinski definition) is 5. The number of aliphatic carboxylic acids is 1. The summed E-state index contributed by atoms with van der Waals surface area (Å²) in [5, 5.41) is 12.1. The van der Waals surface area contributed by atoms with Crippen LogP contribution in [0.3, 0.4) is 0 Å². The minimum absolute atomic E-state index is 0.218. The molecule has 0 unspecified atom stereocenters. The topological polar surface area (TPSA) is 99.9 Å². The largest absolute Gasteiger partial charge is 0.480 e. The van der Waals surface area contributed by atoms with Crippen LogP contribution in [-0.2, 0) is 4.79 Å². The Labute approximate surface area is 131 Å². The van der Waals surface area contributed by atoms with Crippen molar-refractivity contribution in [1.82, 2.24) is 4.98 Å². The zero-order valence-corrected chi connectivity index (χ0v) is 12.0. The Morgan fingerprint density at radius 2 is 1.96 bits per heavy atom. The van der Waals surface area contributed by atoms with E-state index >= 15 is 0 Å². The minimum atomic E-state index is -1.18. The Balaban J connectivity index is 2.09. The first-order valence-corrected chi connectivity index (χ1v) is 6.65. The molecule has 1 heterocycles. The first-order chi connectivity index (χ1) is 11.1. The van der Waals surface area contributed by atoms with E-state index in [1.54, 1.807) is 24.5 Å². The molecule has 0 aliphatic rings. The fourth-order valence-electron chi connectivity index (χ4n) is 1.84. The fourth-order valence-corrected chi connectivity index (χ4v) is 1.84. The lowest BCUT2D eigenvalue weighted by molar-refractivity contribution is -0.135. The zero-order valence-electron chi connectivity index (χ0n) is 12.0. The van der Waals surface area contributed by atoms with Gasteiger partial charge >= 0.3 is 5.97 Å². The molecule has 7 nitrogen and oxygen atoms in total. The van der Waals surface area contributed by atoms with Crippen LogP contribution < -0.4 is 5.01 Å². The van der Waals surface area contributed by atoms with E-state index in [-0.39, 0.29) is 5.78 Å². The average Bonchev–Trinajstić information content (AvgIpc) is 2.58. The number of nitroso groups, excluding NO2 is 1. The predicted molar refractivity (Wildman–Crippen MR) is 84.8 cm³/mol. The Morgan fingerprint density at radius 3 is 2.52 bits per heavy atom. The summed E-state index contributed by atoms with van der Waals surface area (Å²) >= 11 is 0. The highest BCUT2D eigenvalue weighted by Gasteiger charge is 2.11. The van der Waals surface area contributed by atoms with Crippen LogP contribution in [0.4, 0.5) is 5.69 Å². The smallest absolute Gasteiger partial charge is 0.325 e. The summed E-state index contributed by atoms with van der Waals surface area (Å²) < 4.78 is 0. The van der Waals surface area contributed by atoms with Crippen LogP contribution in [0.15, 0.2) is 60.2 Å². The lowest BCUT2D eigenvalue weighted by Gasteiger charge is -2.12. The van der Waals surface area contributed by atoms with Crippen molar-refractivity contribution >= 4 is 23.5 Å². The number of pyridine rings is 1. The summed E-state index contributed by atoms with van der Waals surface area (Å²) in [5.41, 5.74) is 1.51. The van der Waals surface area contributed by atoms with Gasteiger partial charge in [0.05, 0.1) is 11.0 Å². The first kappa shape index (κ1) is 16.0. The van der Waals surface area contributed by atoms with E-state index in [0.29, 0.717) is 11.3 Å². The third-order valence-electron chi connectivity index (χ3n) is 2.95. The maximum Gasteiger partial charge on any atom is 0.325 e. The predicted octanol–water partition coefficient (Wildman–Crippen LogP) is 2.55. The Bertz CT molecular complexity index is 727. The molecule has 0 atom stereocenters. The van der Waals surface area contributed by atoms with E-state index in [1.807, 2.05) is 6.07 Å². The number of anilines is 1. The molecule has 0 spiro atoms. The van der Waals surface area contributed by atoms with Crippen molar-refractivity contribution in [3.63, 3.8) is 0 Å². The molecule has 7 heteroatoms. The van der Waals surface area contributed by atoms with Crippen molar-refractivity contribution in [3.05, 3.63) is 70.9 Å². The van der Waals surface area contributed by atoms with Gasteiger partial charge in [0.2, 0.25) is 0 Å². The average molecular weight is 311 g/mol. The van der Waals surface area contributed by atoms with Gasteiger partial charge in [0.25, 0.3) is 0 Å². The number of rotatable bonds is 7. The monoisotopic (exact) mass is 311 g/mol. The van der Waals surface area contributed by atoms with Crippen molar-refractivity contribution in [3.8, 4) is 0 Å². The summed E-state index contributed by atoms with van der Waals surface area (Å²) in [4.78, 5) is 37.3. The number of allylic oxidation sites excluding steroid dienone is 1. The van der Waals surface area contributed by atoms with Crippen molar-refractivity contribution < 1.29 is 14.7 Å². The van der Waals surface area contributed by atoms with Crippen molar-refractivity contribution in [2.45, 2.75) is 0 Å². The third-order valence-corrected chi connectivity index (χ3v) is 2.95. The zero-order chi connectivity index (χ0) is 16.7. The van der Waals surface area contributed by atoms with Crippen LogP contribution in [0, 0.1) is 4.91 Å². The second-order valence-electron chi connectivity index (χ2n) is 4.56. The molecular formula is C16H13N3O4. The van der Waals surface area contributed by atoms with Crippen LogP contribution in [0.5, 0.6) is 0 Å². The van der Waals surface area contributed by atoms with Gasteiger partial charge in [0, 0.05) is 18.0 Å². The Morgan fingerprint density at radius 1 is 1.22 bits per heavy atom. The molecule has 0 radical (unpaired) electrons. The molecule has 23 heavy (non-hydrogen) atoms. The van der Waals surface area contributed by atoms with Crippen LogP contribution in [0.2, 0.25) is 0 Å². The fraction of sp³-hybridized carbons (Fsp3) is 0.0625.